The molecule has 0 aliphatic heterocycles. The van der Waals surface area contributed by atoms with Gasteiger partial charge >= 0.3 is 5.13 Å². The van der Waals surface area contributed by atoms with Gasteiger partial charge in [-0.15, -0.1) is 0 Å². The van der Waals surface area contributed by atoms with Gasteiger partial charge in [-0.1, -0.05) is 0 Å². The summed E-state index contributed by atoms with van der Waals surface area (Å²) in [6.45, 7) is 5.00. The van der Waals surface area contributed by atoms with Gasteiger partial charge in [0.25, 0.3) is 0 Å². The molecule has 0 fully saturated rings. The van der Waals surface area contributed by atoms with Gasteiger partial charge in [0.15, 0.2) is 0 Å². The third-order valence-corrected chi connectivity index (χ3v) is 6.02. The fourth-order valence-electron chi connectivity index (χ4n) is 3.16. The number of hydrogen-bond donors (Lipinski definition) is 0. The molecular weight excluding hydrogens is 400 g/mol. The Labute approximate surface area is 181 Å². The van der Waals surface area contributed by atoms with Crippen LogP contribution in [0.15, 0.2) is 46.6 Å². The number of anilines is 1. The Balaban J connectivity index is 1.82. The molecule has 3 aromatic rings. The molecule has 1 aromatic heterocycles. The van der Waals surface area contributed by atoms with E-state index in [-0.39, 0.29) is 0 Å². The van der Waals surface area contributed by atoms with E-state index in [1.807, 2.05) is 35.9 Å². The molecule has 0 atom stereocenters. The third kappa shape index (κ3) is 5.13. The number of rotatable bonds is 10. The van der Waals surface area contributed by atoms with Crippen molar-refractivity contribution in [1.29, 1.82) is 0 Å². The molecule has 1 heterocycles. The zero-order valence-corrected chi connectivity index (χ0v) is 19.0. The van der Waals surface area contributed by atoms with Crippen LogP contribution in [0.5, 0.6) is 5.75 Å². The summed E-state index contributed by atoms with van der Waals surface area (Å²) in [5, 5.41) is 9.87. The predicted octanol–water partition coefficient (Wildman–Crippen LogP) is 4.56. The number of aryl methyl sites for hydroxylation is 2. The van der Waals surface area contributed by atoms with Crippen molar-refractivity contribution in [3.63, 3.8) is 0 Å². The number of azo groups is 1. The SMILES string of the molecule is COCCN(CCOC)c1ccc(/N=N/c2sc3cc(OC)ccc3[n+]2C)c(C)c1. The average Bonchev–Trinajstić information content (AvgIpc) is 3.07. The first-order valence-corrected chi connectivity index (χ1v) is 10.6. The molecule has 7 nitrogen and oxygen atoms in total. The maximum absolute atomic E-state index is 5.32. The number of methoxy groups -OCH3 is 3. The summed E-state index contributed by atoms with van der Waals surface area (Å²) >= 11 is 1.59. The zero-order chi connectivity index (χ0) is 21.5. The van der Waals surface area contributed by atoms with Crippen LogP contribution in [0.4, 0.5) is 16.5 Å². The minimum absolute atomic E-state index is 0.664. The summed E-state index contributed by atoms with van der Waals surface area (Å²) in [5.41, 5.74) is 4.16. The van der Waals surface area contributed by atoms with Crippen LogP contribution in [-0.4, -0.2) is 47.6 Å². The minimum Gasteiger partial charge on any atom is -0.497 e. The molecule has 0 aliphatic carbocycles. The van der Waals surface area contributed by atoms with Crippen molar-refractivity contribution in [3.8, 4) is 5.75 Å². The molecule has 0 radical (unpaired) electrons. The fourth-order valence-corrected chi connectivity index (χ4v) is 4.15. The van der Waals surface area contributed by atoms with E-state index < -0.39 is 0 Å². The second-order valence-electron chi connectivity index (χ2n) is 6.92. The second kappa shape index (κ2) is 10.5. The molecule has 0 aliphatic rings. The lowest BCUT2D eigenvalue weighted by Gasteiger charge is -2.24. The highest BCUT2D eigenvalue weighted by atomic mass is 32.1. The molecule has 0 saturated carbocycles. The lowest BCUT2D eigenvalue weighted by molar-refractivity contribution is -0.627. The van der Waals surface area contributed by atoms with Crippen LogP contribution < -0.4 is 14.2 Å². The lowest BCUT2D eigenvalue weighted by Crippen LogP contribution is -2.30. The Morgan fingerprint density at radius 2 is 1.70 bits per heavy atom. The van der Waals surface area contributed by atoms with Crippen LogP contribution in [0.3, 0.4) is 0 Å². The number of hydrogen-bond acceptors (Lipinski definition) is 7. The molecule has 160 valence electrons. The van der Waals surface area contributed by atoms with Crippen molar-refractivity contribution in [1.82, 2.24) is 0 Å². The molecule has 0 spiro atoms. The van der Waals surface area contributed by atoms with E-state index in [2.05, 4.69) is 34.2 Å². The van der Waals surface area contributed by atoms with Gasteiger partial charge in [-0.3, -0.25) is 0 Å². The summed E-state index contributed by atoms with van der Waals surface area (Å²) in [6, 6.07) is 12.2. The van der Waals surface area contributed by atoms with E-state index in [1.165, 1.54) is 0 Å². The highest BCUT2D eigenvalue weighted by molar-refractivity contribution is 7.21. The normalized spacial score (nSPS) is 11.5. The molecule has 8 heteroatoms. The van der Waals surface area contributed by atoms with Gasteiger partial charge in [0.2, 0.25) is 0 Å². The molecule has 3 rings (SSSR count). The van der Waals surface area contributed by atoms with Crippen LogP contribution in [0.2, 0.25) is 0 Å². The topological polar surface area (TPSA) is 59.5 Å². The lowest BCUT2D eigenvalue weighted by atomic mass is 10.1. The van der Waals surface area contributed by atoms with E-state index in [4.69, 9.17) is 14.2 Å². The smallest absolute Gasteiger partial charge is 0.409 e. The van der Waals surface area contributed by atoms with E-state index in [9.17, 15) is 0 Å². The van der Waals surface area contributed by atoms with Crippen molar-refractivity contribution < 1.29 is 18.8 Å². The van der Waals surface area contributed by atoms with Gasteiger partial charge in [-0.2, -0.15) is 0 Å². The molecular formula is C22H29N4O3S+. The molecule has 0 unspecified atom stereocenters. The number of fused-ring (bicyclic) bond motifs is 1. The second-order valence-corrected chi connectivity index (χ2v) is 7.93. The Morgan fingerprint density at radius 3 is 2.33 bits per heavy atom. The van der Waals surface area contributed by atoms with Crippen LogP contribution in [0.1, 0.15) is 5.56 Å². The van der Waals surface area contributed by atoms with E-state index in [1.54, 1.807) is 32.7 Å². The van der Waals surface area contributed by atoms with E-state index in [0.717, 1.165) is 51.1 Å². The Bertz CT molecular complexity index is 1010. The third-order valence-electron chi connectivity index (χ3n) is 4.94. The van der Waals surface area contributed by atoms with Crippen molar-refractivity contribution in [2.45, 2.75) is 6.92 Å². The van der Waals surface area contributed by atoms with Gasteiger partial charge in [0.05, 0.1) is 37.2 Å². The van der Waals surface area contributed by atoms with Gasteiger partial charge in [0.1, 0.15) is 17.0 Å². The van der Waals surface area contributed by atoms with Crippen LogP contribution in [0, 0.1) is 6.92 Å². The first-order valence-electron chi connectivity index (χ1n) is 9.79. The number of nitrogens with zero attached hydrogens (tertiary/aromatic N) is 4. The minimum atomic E-state index is 0.664. The monoisotopic (exact) mass is 429 g/mol. The standard InChI is InChI=1S/C22H29N4O3S/c1-16-14-17(26(10-12-27-3)11-13-28-4)6-8-19(16)23-24-22-25(2)20-9-7-18(29-5)15-21(20)30-22/h6-9,14-15H,10-13H2,1-5H3/q+1. The summed E-state index contributed by atoms with van der Waals surface area (Å²) in [5.74, 6) is 0.839. The molecule has 0 saturated heterocycles. The maximum atomic E-state index is 5.32. The van der Waals surface area contributed by atoms with Gasteiger partial charge in [-0.25, -0.2) is 4.57 Å². The summed E-state index contributed by atoms with van der Waals surface area (Å²) < 4.78 is 19.0. The van der Waals surface area contributed by atoms with Gasteiger partial charge in [-0.05, 0) is 59.3 Å². The summed E-state index contributed by atoms with van der Waals surface area (Å²) in [6.07, 6.45) is 0. The maximum Gasteiger partial charge on any atom is 0.409 e. The highest BCUT2D eigenvalue weighted by Gasteiger charge is 2.17. The number of benzene rings is 2. The zero-order valence-electron chi connectivity index (χ0n) is 18.2. The highest BCUT2D eigenvalue weighted by Crippen LogP contribution is 2.31. The fraction of sp³-hybridized carbons (Fsp3) is 0.409. The van der Waals surface area contributed by atoms with Crippen LogP contribution >= 0.6 is 11.3 Å². The van der Waals surface area contributed by atoms with Crippen molar-refractivity contribution >= 4 is 38.1 Å². The predicted molar refractivity (Wildman–Crippen MR) is 121 cm³/mol. The average molecular weight is 430 g/mol. The van der Waals surface area contributed by atoms with Crippen LogP contribution in [0.25, 0.3) is 10.2 Å². The number of thiazole rings is 1. The molecule has 0 bridgehead atoms. The van der Waals surface area contributed by atoms with Gasteiger partial charge < -0.3 is 19.1 Å². The van der Waals surface area contributed by atoms with Crippen molar-refractivity contribution in [3.05, 3.63) is 42.0 Å². The van der Waals surface area contributed by atoms with E-state index in [0.29, 0.717) is 13.2 Å². The molecule has 30 heavy (non-hydrogen) atoms. The summed E-state index contributed by atoms with van der Waals surface area (Å²) in [4.78, 5) is 2.25. The molecule has 2 aromatic carbocycles. The quantitative estimate of drug-likeness (QED) is 0.350. The van der Waals surface area contributed by atoms with Crippen molar-refractivity contribution in [2.24, 2.45) is 17.3 Å². The Kier molecular flexibility index (Phi) is 7.73. The first kappa shape index (κ1) is 22.1. The van der Waals surface area contributed by atoms with E-state index >= 15 is 0 Å². The number of aromatic nitrogens is 1. The largest absolute Gasteiger partial charge is 0.497 e. The van der Waals surface area contributed by atoms with Crippen LogP contribution in [-0.2, 0) is 16.5 Å². The Morgan fingerprint density at radius 1 is 0.967 bits per heavy atom. The number of ether oxygens (including phenoxy) is 3. The molecule has 0 N–H and O–H groups in total. The van der Waals surface area contributed by atoms with Gasteiger partial charge in [0, 0.05) is 39.1 Å². The van der Waals surface area contributed by atoms with Crippen molar-refractivity contribution in [2.75, 3.05) is 52.5 Å². The summed E-state index contributed by atoms with van der Waals surface area (Å²) in [7, 11) is 7.10. The molecule has 0 amide bonds. The first-order chi connectivity index (χ1) is 14.6. The Hall–Kier alpha value is -2.55.